The van der Waals surface area contributed by atoms with Gasteiger partial charge >= 0.3 is 5.97 Å². The normalized spacial score (nSPS) is 24.8. The standard InChI is InChI=1S/C20H32N2O2/c1-13(2)15-8-14(10-19(23)24-20(3,4)5)9-16(11-15)17-6-7-22-12-18(17)21/h6-7,12-16H,8-11,21H2,1-5H3/t14-,15+,16-/m1/s1. The average Bonchev–Trinajstić information content (AvgIpc) is 2.45. The third-order valence-electron chi connectivity index (χ3n) is 4.99. The first-order chi connectivity index (χ1) is 11.2. The number of nitrogen functional groups attached to an aromatic ring is 1. The third-order valence-corrected chi connectivity index (χ3v) is 4.99. The number of nitrogens with zero attached hydrogens (tertiary/aromatic N) is 1. The van der Waals surface area contributed by atoms with Crippen molar-refractivity contribution in [3.05, 3.63) is 24.0 Å². The van der Waals surface area contributed by atoms with Crippen LogP contribution in [-0.4, -0.2) is 16.6 Å². The molecule has 1 saturated carbocycles. The minimum absolute atomic E-state index is 0.0849. The summed E-state index contributed by atoms with van der Waals surface area (Å²) in [5, 5.41) is 0. The minimum atomic E-state index is -0.419. The first-order valence-electron chi connectivity index (χ1n) is 9.07. The van der Waals surface area contributed by atoms with Gasteiger partial charge in [0.1, 0.15) is 5.60 Å². The van der Waals surface area contributed by atoms with Crippen LogP contribution in [0.15, 0.2) is 18.5 Å². The molecule has 2 rings (SSSR count). The molecule has 0 spiro atoms. The molecule has 0 unspecified atom stereocenters. The lowest BCUT2D eigenvalue weighted by atomic mass is 9.68. The van der Waals surface area contributed by atoms with E-state index in [0.29, 0.717) is 30.1 Å². The summed E-state index contributed by atoms with van der Waals surface area (Å²) in [6.45, 7) is 10.3. The van der Waals surface area contributed by atoms with Crippen LogP contribution in [0.1, 0.15) is 71.8 Å². The summed E-state index contributed by atoms with van der Waals surface area (Å²) in [5.41, 5.74) is 7.68. The summed E-state index contributed by atoms with van der Waals surface area (Å²) in [7, 11) is 0. The molecule has 0 aliphatic heterocycles. The summed E-state index contributed by atoms with van der Waals surface area (Å²) in [6, 6.07) is 2.03. The van der Waals surface area contributed by atoms with E-state index in [1.807, 2.05) is 33.0 Å². The summed E-state index contributed by atoms with van der Waals surface area (Å²) >= 11 is 0. The van der Waals surface area contributed by atoms with Crippen molar-refractivity contribution in [3.63, 3.8) is 0 Å². The van der Waals surface area contributed by atoms with Crippen molar-refractivity contribution in [1.82, 2.24) is 4.98 Å². The lowest BCUT2D eigenvalue weighted by Crippen LogP contribution is -2.30. The van der Waals surface area contributed by atoms with E-state index in [1.54, 1.807) is 6.20 Å². The van der Waals surface area contributed by atoms with Crippen LogP contribution in [0.25, 0.3) is 0 Å². The van der Waals surface area contributed by atoms with Crippen LogP contribution in [-0.2, 0) is 9.53 Å². The maximum absolute atomic E-state index is 12.3. The predicted molar refractivity (Wildman–Crippen MR) is 97.5 cm³/mol. The molecule has 3 atom stereocenters. The van der Waals surface area contributed by atoms with Gasteiger partial charge in [0.25, 0.3) is 0 Å². The summed E-state index contributed by atoms with van der Waals surface area (Å²) in [6.07, 6.45) is 7.28. The molecule has 24 heavy (non-hydrogen) atoms. The largest absolute Gasteiger partial charge is 0.460 e. The first kappa shape index (κ1) is 18.8. The molecule has 1 heterocycles. The van der Waals surface area contributed by atoms with E-state index in [0.717, 1.165) is 24.9 Å². The molecule has 4 heteroatoms. The van der Waals surface area contributed by atoms with E-state index in [9.17, 15) is 4.79 Å². The van der Waals surface area contributed by atoms with E-state index in [4.69, 9.17) is 10.5 Å². The smallest absolute Gasteiger partial charge is 0.306 e. The highest BCUT2D eigenvalue weighted by Crippen LogP contribution is 2.44. The zero-order valence-corrected chi connectivity index (χ0v) is 15.7. The number of carbonyl (C=O) groups is 1. The van der Waals surface area contributed by atoms with E-state index in [-0.39, 0.29) is 5.97 Å². The fraction of sp³-hybridized carbons (Fsp3) is 0.700. The van der Waals surface area contributed by atoms with Gasteiger partial charge in [0.05, 0.1) is 11.9 Å². The quantitative estimate of drug-likeness (QED) is 0.821. The molecule has 1 aromatic heterocycles. The van der Waals surface area contributed by atoms with Crippen molar-refractivity contribution in [2.45, 2.75) is 71.8 Å². The number of nitrogens with two attached hydrogens (primary N) is 1. The Morgan fingerprint density at radius 3 is 2.62 bits per heavy atom. The van der Waals surface area contributed by atoms with Crippen LogP contribution < -0.4 is 5.73 Å². The number of esters is 1. The van der Waals surface area contributed by atoms with Crippen LogP contribution in [0.4, 0.5) is 5.69 Å². The van der Waals surface area contributed by atoms with Gasteiger partial charge < -0.3 is 10.5 Å². The highest BCUT2D eigenvalue weighted by molar-refractivity contribution is 5.70. The third kappa shape index (κ3) is 5.22. The van der Waals surface area contributed by atoms with Crippen LogP contribution >= 0.6 is 0 Å². The second kappa shape index (κ2) is 7.54. The number of rotatable bonds is 4. The lowest BCUT2D eigenvalue weighted by Gasteiger charge is -2.37. The Hall–Kier alpha value is -1.58. The second-order valence-corrected chi connectivity index (χ2v) is 8.57. The number of pyridine rings is 1. The summed E-state index contributed by atoms with van der Waals surface area (Å²) < 4.78 is 5.53. The van der Waals surface area contributed by atoms with Crippen LogP contribution in [0.3, 0.4) is 0 Å². The molecule has 0 saturated heterocycles. The first-order valence-corrected chi connectivity index (χ1v) is 9.07. The maximum Gasteiger partial charge on any atom is 0.306 e. The molecule has 0 aromatic carbocycles. The Kier molecular flexibility index (Phi) is 5.89. The maximum atomic E-state index is 12.3. The monoisotopic (exact) mass is 332 g/mol. The van der Waals surface area contributed by atoms with Gasteiger partial charge in [0, 0.05) is 12.6 Å². The van der Waals surface area contributed by atoms with Crippen molar-refractivity contribution in [1.29, 1.82) is 0 Å². The van der Waals surface area contributed by atoms with Gasteiger partial charge in [-0.05, 0) is 75.3 Å². The molecule has 1 aliphatic carbocycles. The van der Waals surface area contributed by atoms with Crippen molar-refractivity contribution in [2.24, 2.45) is 17.8 Å². The molecule has 1 fully saturated rings. The Balaban J connectivity index is 2.11. The van der Waals surface area contributed by atoms with Crippen molar-refractivity contribution in [2.75, 3.05) is 5.73 Å². The molecule has 0 radical (unpaired) electrons. The fourth-order valence-corrected chi connectivity index (χ4v) is 3.86. The van der Waals surface area contributed by atoms with Gasteiger partial charge in [-0.1, -0.05) is 13.8 Å². The molecule has 1 aromatic rings. The van der Waals surface area contributed by atoms with E-state index < -0.39 is 5.60 Å². The molecular weight excluding hydrogens is 300 g/mol. The Bertz CT molecular complexity index is 563. The Labute approximate surface area is 146 Å². The van der Waals surface area contributed by atoms with E-state index in [1.165, 1.54) is 5.56 Å². The second-order valence-electron chi connectivity index (χ2n) is 8.57. The predicted octanol–water partition coefficient (Wildman–Crippen LogP) is 4.55. The Morgan fingerprint density at radius 1 is 1.33 bits per heavy atom. The van der Waals surface area contributed by atoms with Gasteiger partial charge in [-0.3, -0.25) is 9.78 Å². The van der Waals surface area contributed by atoms with Gasteiger partial charge in [-0.25, -0.2) is 0 Å². The highest BCUT2D eigenvalue weighted by Gasteiger charge is 2.33. The molecule has 1 aliphatic rings. The van der Waals surface area contributed by atoms with E-state index in [2.05, 4.69) is 18.8 Å². The number of carbonyl (C=O) groups excluding carboxylic acids is 1. The van der Waals surface area contributed by atoms with Gasteiger partial charge in [0.2, 0.25) is 0 Å². The van der Waals surface area contributed by atoms with Crippen molar-refractivity contribution < 1.29 is 9.53 Å². The minimum Gasteiger partial charge on any atom is -0.460 e. The van der Waals surface area contributed by atoms with Gasteiger partial charge in [-0.2, -0.15) is 0 Å². The van der Waals surface area contributed by atoms with Crippen molar-refractivity contribution >= 4 is 11.7 Å². The summed E-state index contributed by atoms with van der Waals surface area (Å²) in [5.74, 6) is 1.90. The molecule has 2 N–H and O–H groups in total. The summed E-state index contributed by atoms with van der Waals surface area (Å²) in [4.78, 5) is 16.4. The van der Waals surface area contributed by atoms with Crippen molar-refractivity contribution in [3.8, 4) is 0 Å². The van der Waals surface area contributed by atoms with Crippen LogP contribution in [0.5, 0.6) is 0 Å². The zero-order valence-electron chi connectivity index (χ0n) is 15.7. The number of hydrogen-bond donors (Lipinski definition) is 1. The number of aromatic nitrogens is 1. The zero-order chi connectivity index (χ0) is 17.9. The van der Waals surface area contributed by atoms with Gasteiger partial charge in [-0.15, -0.1) is 0 Å². The number of anilines is 1. The van der Waals surface area contributed by atoms with Gasteiger partial charge in [0.15, 0.2) is 0 Å². The Morgan fingerprint density at radius 2 is 2.04 bits per heavy atom. The average molecular weight is 332 g/mol. The molecule has 0 amide bonds. The van der Waals surface area contributed by atoms with Crippen LogP contribution in [0, 0.1) is 17.8 Å². The molecule has 134 valence electrons. The molecule has 4 nitrogen and oxygen atoms in total. The molecular formula is C20H32N2O2. The SMILES string of the molecule is CC(C)[C@H]1C[C@@H](CC(=O)OC(C)(C)C)C[C@@H](c2ccncc2N)C1. The number of hydrogen-bond acceptors (Lipinski definition) is 4. The lowest BCUT2D eigenvalue weighted by molar-refractivity contribution is -0.156. The number of ether oxygens (including phenoxy) is 1. The van der Waals surface area contributed by atoms with E-state index >= 15 is 0 Å². The molecule has 0 bridgehead atoms. The fourth-order valence-electron chi connectivity index (χ4n) is 3.86. The highest BCUT2D eigenvalue weighted by atomic mass is 16.6. The van der Waals surface area contributed by atoms with Crippen LogP contribution in [0.2, 0.25) is 0 Å². The topological polar surface area (TPSA) is 65.2 Å².